The first-order valence-corrected chi connectivity index (χ1v) is 6.77. The largest absolute Gasteiger partial charge is 0.368 e. The van der Waals surface area contributed by atoms with Crippen LogP contribution in [0.5, 0.6) is 0 Å². The van der Waals surface area contributed by atoms with Crippen molar-refractivity contribution in [1.82, 2.24) is 5.32 Å². The second kappa shape index (κ2) is 5.90. The molecule has 0 atom stereocenters. The van der Waals surface area contributed by atoms with E-state index in [1.165, 1.54) is 11.1 Å². The van der Waals surface area contributed by atoms with Gasteiger partial charge in [0.1, 0.15) is 6.07 Å². The molecule has 0 amide bonds. The first kappa shape index (κ1) is 13.6. The van der Waals surface area contributed by atoms with Crippen LogP contribution in [-0.4, -0.2) is 26.2 Å². The zero-order chi connectivity index (χ0) is 13.8. The van der Waals surface area contributed by atoms with E-state index in [1.54, 1.807) is 0 Å². The highest BCUT2D eigenvalue weighted by atomic mass is 15.2. The number of rotatable bonds is 2. The van der Waals surface area contributed by atoms with Gasteiger partial charge in [-0.05, 0) is 44.0 Å². The molecule has 19 heavy (non-hydrogen) atoms. The van der Waals surface area contributed by atoms with Crippen LogP contribution in [0.1, 0.15) is 30.5 Å². The lowest BCUT2D eigenvalue weighted by molar-refractivity contribution is 0.589. The molecule has 1 aromatic carbocycles. The van der Waals surface area contributed by atoms with Crippen LogP contribution in [0.4, 0.5) is 5.69 Å². The van der Waals surface area contributed by atoms with Gasteiger partial charge in [0.05, 0.1) is 11.3 Å². The molecule has 0 spiro atoms. The Bertz CT molecular complexity index is 528. The third-order valence-corrected chi connectivity index (χ3v) is 3.41. The van der Waals surface area contributed by atoms with Gasteiger partial charge in [-0.2, -0.15) is 5.26 Å². The average molecular weight is 255 g/mol. The molecule has 1 aromatic rings. The van der Waals surface area contributed by atoms with Gasteiger partial charge in [-0.1, -0.05) is 11.6 Å². The summed E-state index contributed by atoms with van der Waals surface area (Å²) in [6.45, 7) is 10.2. The summed E-state index contributed by atoms with van der Waals surface area (Å²) in [7, 11) is 0. The van der Waals surface area contributed by atoms with E-state index < -0.39 is 0 Å². The quantitative estimate of drug-likeness (QED) is 0.883. The summed E-state index contributed by atoms with van der Waals surface area (Å²) in [6, 6.07) is 6.50. The van der Waals surface area contributed by atoms with E-state index in [-0.39, 0.29) is 0 Å². The monoisotopic (exact) mass is 255 g/mol. The van der Waals surface area contributed by atoms with Gasteiger partial charge in [-0.25, -0.2) is 0 Å². The third kappa shape index (κ3) is 3.15. The van der Waals surface area contributed by atoms with Crippen molar-refractivity contribution in [3.8, 4) is 6.07 Å². The second-order valence-corrected chi connectivity index (χ2v) is 5.30. The van der Waals surface area contributed by atoms with Crippen LogP contribution in [0.2, 0.25) is 0 Å². The lowest BCUT2D eigenvalue weighted by atomic mass is 10.0. The number of benzene rings is 1. The third-order valence-electron chi connectivity index (χ3n) is 3.41. The van der Waals surface area contributed by atoms with Crippen LogP contribution in [0.25, 0.3) is 6.08 Å². The molecule has 1 N–H and O–H groups in total. The number of allylic oxidation sites excluding steroid dienone is 1. The van der Waals surface area contributed by atoms with Gasteiger partial charge in [0.25, 0.3) is 0 Å². The van der Waals surface area contributed by atoms with Crippen LogP contribution in [-0.2, 0) is 0 Å². The molecule has 1 aliphatic heterocycles. The minimum Gasteiger partial charge on any atom is -0.368 e. The highest BCUT2D eigenvalue weighted by Gasteiger charge is 2.15. The lowest BCUT2D eigenvalue weighted by Gasteiger charge is -2.30. The Morgan fingerprint density at radius 1 is 1.32 bits per heavy atom. The first-order chi connectivity index (χ1) is 9.11. The molecule has 0 aromatic heterocycles. The fourth-order valence-corrected chi connectivity index (χ4v) is 2.44. The van der Waals surface area contributed by atoms with Crippen molar-refractivity contribution in [2.75, 3.05) is 31.1 Å². The number of piperazine rings is 1. The Hall–Kier alpha value is -1.79. The zero-order valence-corrected chi connectivity index (χ0v) is 12.0. The second-order valence-electron chi connectivity index (χ2n) is 5.30. The maximum Gasteiger partial charge on any atom is 0.101 e. The Kier molecular flexibility index (Phi) is 4.24. The van der Waals surface area contributed by atoms with E-state index >= 15 is 0 Å². The first-order valence-electron chi connectivity index (χ1n) is 6.77. The molecule has 1 fully saturated rings. The predicted molar refractivity (Wildman–Crippen MR) is 80.3 cm³/mol. The van der Waals surface area contributed by atoms with Gasteiger partial charge in [0.15, 0.2) is 0 Å². The van der Waals surface area contributed by atoms with E-state index in [1.807, 2.05) is 6.07 Å². The molecule has 0 aliphatic carbocycles. The number of hydrogen-bond acceptors (Lipinski definition) is 3. The molecule has 3 heteroatoms. The summed E-state index contributed by atoms with van der Waals surface area (Å²) in [4.78, 5) is 2.30. The summed E-state index contributed by atoms with van der Waals surface area (Å²) in [5, 5.41) is 12.7. The maximum atomic E-state index is 9.34. The van der Waals surface area contributed by atoms with E-state index in [0.29, 0.717) is 0 Å². The maximum absolute atomic E-state index is 9.34. The van der Waals surface area contributed by atoms with Crippen molar-refractivity contribution in [2.24, 2.45) is 0 Å². The molecular formula is C16H21N3. The van der Waals surface area contributed by atoms with Gasteiger partial charge < -0.3 is 10.2 Å². The summed E-state index contributed by atoms with van der Waals surface area (Å²) in [5.41, 5.74) is 5.51. The van der Waals surface area contributed by atoms with Crippen molar-refractivity contribution in [1.29, 1.82) is 5.26 Å². The van der Waals surface area contributed by atoms with E-state index in [0.717, 1.165) is 43.0 Å². The summed E-state index contributed by atoms with van der Waals surface area (Å²) in [6.07, 6.45) is 2.18. The van der Waals surface area contributed by atoms with Gasteiger partial charge >= 0.3 is 0 Å². The van der Waals surface area contributed by atoms with Crippen LogP contribution in [0.3, 0.4) is 0 Å². The van der Waals surface area contributed by atoms with Crippen molar-refractivity contribution in [2.45, 2.75) is 20.8 Å². The molecule has 100 valence electrons. The van der Waals surface area contributed by atoms with E-state index in [9.17, 15) is 5.26 Å². The van der Waals surface area contributed by atoms with Crippen molar-refractivity contribution < 1.29 is 0 Å². The van der Waals surface area contributed by atoms with Gasteiger partial charge in [0, 0.05) is 26.2 Å². The fourth-order valence-electron chi connectivity index (χ4n) is 2.44. The Balaban J connectivity index is 2.45. The van der Waals surface area contributed by atoms with E-state index in [2.05, 4.69) is 49.2 Å². The molecule has 0 bridgehead atoms. The normalized spacial score (nSPS) is 14.9. The summed E-state index contributed by atoms with van der Waals surface area (Å²) in [5.74, 6) is 0. The highest BCUT2D eigenvalue weighted by Crippen LogP contribution is 2.26. The molecule has 0 unspecified atom stereocenters. The molecule has 2 rings (SSSR count). The van der Waals surface area contributed by atoms with Crippen molar-refractivity contribution in [3.05, 3.63) is 34.4 Å². The lowest BCUT2D eigenvalue weighted by Crippen LogP contribution is -2.43. The number of hydrogen-bond donors (Lipinski definition) is 1. The molecule has 1 saturated heterocycles. The number of anilines is 1. The number of nitrogens with zero attached hydrogens (tertiary/aromatic N) is 2. The Morgan fingerprint density at radius 2 is 2.00 bits per heavy atom. The molecular weight excluding hydrogens is 234 g/mol. The van der Waals surface area contributed by atoms with Gasteiger partial charge in [-0.15, -0.1) is 0 Å². The minimum atomic E-state index is 0.783. The molecule has 0 radical (unpaired) electrons. The van der Waals surface area contributed by atoms with Crippen LogP contribution in [0, 0.1) is 18.3 Å². The summed E-state index contributed by atoms with van der Waals surface area (Å²) < 4.78 is 0. The zero-order valence-electron chi connectivity index (χ0n) is 12.0. The Morgan fingerprint density at radius 3 is 2.58 bits per heavy atom. The molecule has 3 nitrogen and oxygen atoms in total. The smallest absolute Gasteiger partial charge is 0.101 e. The number of nitriles is 1. The van der Waals surface area contributed by atoms with Gasteiger partial charge in [-0.3, -0.25) is 0 Å². The Labute approximate surface area is 115 Å². The number of nitrogens with one attached hydrogen (secondary N) is 1. The molecule has 1 aliphatic rings. The van der Waals surface area contributed by atoms with Crippen molar-refractivity contribution >= 4 is 11.8 Å². The van der Waals surface area contributed by atoms with Gasteiger partial charge in [0.2, 0.25) is 0 Å². The van der Waals surface area contributed by atoms with E-state index in [4.69, 9.17) is 0 Å². The standard InChI is InChI=1S/C16H21N3/c1-12(2)8-14-10-16(15(11-17)9-13(14)3)19-6-4-18-5-7-19/h8-10,18H,4-7H2,1-3H3. The fraction of sp³-hybridized carbons (Fsp3) is 0.438. The molecule has 1 heterocycles. The van der Waals surface area contributed by atoms with Crippen LogP contribution in [0.15, 0.2) is 17.7 Å². The topological polar surface area (TPSA) is 39.1 Å². The van der Waals surface area contributed by atoms with Crippen LogP contribution >= 0.6 is 0 Å². The average Bonchev–Trinajstić information content (AvgIpc) is 2.41. The van der Waals surface area contributed by atoms with Crippen LogP contribution < -0.4 is 10.2 Å². The molecule has 0 saturated carbocycles. The summed E-state index contributed by atoms with van der Waals surface area (Å²) >= 11 is 0. The predicted octanol–water partition coefficient (Wildman–Crippen LogP) is 2.70. The minimum absolute atomic E-state index is 0.783. The number of aryl methyl sites for hydroxylation is 1. The van der Waals surface area contributed by atoms with Crippen molar-refractivity contribution in [3.63, 3.8) is 0 Å². The highest BCUT2D eigenvalue weighted by molar-refractivity contribution is 5.69. The SMILES string of the molecule is CC(C)=Cc1cc(N2CCNCC2)c(C#N)cc1C.